The van der Waals surface area contributed by atoms with Gasteiger partial charge >= 0.3 is 5.63 Å². The van der Waals surface area contributed by atoms with Crippen molar-refractivity contribution in [2.45, 2.75) is 0 Å². The first-order valence-corrected chi connectivity index (χ1v) is 3.91. The third kappa shape index (κ3) is 1.42. The summed E-state index contributed by atoms with van der Waals surface area (Å²) in [5.41, 5.74) is 0.167. The number of thiol groups is 1. The molecule has 0 amide bonds. The highest BCUT2D eigenvalue weighted by atomic mass is 32.1. The van der Waals surface area contributed by atoms with E-state index in [2.05, 4.69) is 12.8 Å². The van der Waals surface area contributed by atoms with Gasteiger partial charge in [-0.2, -0.15) is 0 Å². The molecule has 0 unspecified atom stereocenters. The Bertz CT molecular complexity index is 523. The molecule has 0 fully saturated rings. The lowest BCUT2D eigenvalue weighted by molar-refractivity contribution is -0.461. The van der Waals surface area contributed by atoms with Gasteiger partial charge in [0.1, 0.15) is 18.6 Å². The lowest BCUT2D eigenvalue weighted by Gasteiger charge is -1.92. The summed E-state index contributed by atoms with van der Waals surface area (Å²) in [6.45, 7) is 0. The molecular weight excluding hydrogens is 193 g/mol. The highest BCUT2D eigenvalue weighted by molar-refractivity contribution is 7.73. The van der Waals surface area contributed by atoms with Crippen molar-refractivity contribution < 1.29 is 12.8 Å². The summed E-state index contributed by atoms with van der Waals surface area (Å²) < 4.78 is 18.8. The van der Waals surface area contributed by atoms with E-state index in [4.69, 9.17) is 4.42 Å². The lowest BCUT2D eigenvalue weighted by atomic mass is 10.3. The molecule has 3 nitrogen and oxygen atoms in total. The summed E-state index contributed by atoms with van der Waals surface area (Å²) in [4.78, 5) is 10.9. The van der Waals surface area contributed by atoms with Crippen LogP contribution in [0.1, 0.15) is 0 Å². The van der Waals surface area contributed by atoms with E-state index in [1.165, 1.54) is 22.3 Å². The Labute approximate surface area is 78.0 Å². The second-order valence-electron chi connectivity index (χ2n) is 2.51. The minimum atomic E-state index is -0.562. The van der Waals surface area contributed by atoms with E-state index in [-0.39, 0.29) is 5.58 Å². The molecule has 2 rings (SSSR count). The van der Waals surface area contributed by atoms with Crippen LogP contribution in [0, 0.1) is 5.82 Å². The molecular formula is C8H5FNO2S+. The fraction of sp³-hybridized carbons (Fsp3) is 0. The monoisotopic (exact) mass is 198 g/mol. The Hall–Kier alpha value is -1.36. The molecule has 0 saturated heterocycles. The van der Waals surface area contributed by atoms with Crippen LogP contribution in [0.25, 0.3) is 11.1 Å². The number of rotatable bonds is 0. The normalized spacial score (nSPS) is 10.6. The summed E-state index contributed by atoms with van der Waals surface area (Å²) in [6.07, 6.45) is 1.17. The third-order valence-electron chi connectivity index (χ3n) is 1.61. The maximum atomic E-state index is 12.7. The Morgan fingerprint density at radius 1 is 1.46 bits per heavy atom. The Kier molecular flexibility index (Phi) is 1.81. The number of hydrogen-bond donors (Lipinski definition) is 1. The molecule has 0 aliphatic rings. The number of hydrogen-bond acceptors (Lipinski definition) is 3. The van der Waals surface area contributed by atoms with Gasteiger partial charge in [-0.15, -0.1) is 3.97 Å². The Morgan fingerprint density at radius 3 is 3.00 bits per heavy atom. The summed E-state index contributed by atoms with van der Waals surface area (Å²) in [7, 11) is 0. The van der Waals surface area contributed by atoms with Crippen molar-refractivity contribution in [1.82, 2.24) is 0 Å². The zero-order chi connectivity index (χ0) is 9.42. The molecule has 0 aliphatic heterocycles. The fourth-order valence-corrected chi connectivity index (χ4v) is 1.32. The highest BCUT2D eigenvalue weighted by Crippen LogP contribution is 2.09. The van der Waals surface area contributed by atoms with E-state index in [1.807, 2.05) is 0 Å². The Balaban J connectivity index is 2.94. The van der Waals surface area contributed by atoms with Crippen LogP contribution in [0.4, 0.5) is 4.39 Å². The van der Waals surface area contributed by atoms with Crippen LogP contribution < -0.4 is 9.60 Å². The molecule has 66 valence electrons. The number of benzene rings is 1. The highest BCUT2D eigenvalue weighted by Gasteiger charge is 2.10. The van der Waals surface area contributed by atoms with Crippen molar-refractivity contribution in [3.05, 3.63) is 40.6 Å². The molecule has 1 heterocycles. The van der Waals surface area contributed by atoms with Gasteiger partial charge in [0.15, 0.2) is 0 Å². The molecule has 13 heavy (non-hydrogen) atoms. The summed E-state index contributed by atoms with van der Waals surface area (Å²) in [5, 5.41) is 0. The summed E-state index contributed by atoms with van der Waals surface area (Å²) in [6, 6.07) is 3.90. The molecule has 0 bridgehead atoms. The standard InChI is InChI=1S/C8H5FNO2S/c9-5-1-2-6-7(3-5)12-8(11)4-10(6)13/h1-4,13H/q+1. The van der Waals surface area contributed by atoms with Gasteiger partial charge in [0.2, 0.25) is 5.58 Å². The van der Waals surface area contributed by atoms with E-state index in [1.54, 1.807) is 0 Å². The third-order valence-corrected chi connectivity index (χ3v) is 1.94. The van der Waals surface area contributed by atoms with Gasteiger partial charge in [0, 0.05) is 12.1 Å². The molecule has 0 radical (unpaired) electrons. The second kappa shape index (κ2) is 2.85. The molecule has 0 spiro atoms. The van der Waals surface area contributed by atoms with Crippen molar-refractivity contribution in [2.24, 2.45) is 0 Å². The molecule has 0 aliphatic carbocycles. The van der Waals surface area contributed by atoms with Crippen molar-refractivity contribution in [1.29, 1.82) is 0 Å². The van der Waals surface area contributed by atoms with Gasteiger partial charge in [0.05, 0.1) is 0 Å². The molecule has 5 heteroatoms. The van der Waals surface area contributed by atoms with E-state index < -0.39 is 11.4 Å². The van der Waals surface area contributed by atoms with Crippen LogP contribution in [0.15, 0.2) is 33.6 Å². The molecule has 0 atom stereocenters. The summed E-state index contributed by atoms with van der Waals surface area (Å²) in [5.74, 6) is -0.449. The van der Waals surface area contributed by atoms with Crippen molar-refractivity contribution in [3.63, 3.8) is 0 Å². The quantitative estimate of drug-likeness (QED) is 0.504. The number of nitrogens with zero attached hydrogens (tertiary/aromatic N) is 1. The first-order valence-electron chi connectivity index (χ1n) is 3.51. The first-order chi connectivity index (χ1) is 6.16. The van der Waals surface area contributed by atoms with Crippen LogP contribution in [0.3, 0.4) is 0 Å². The second-order valence-corrected chi connectivity index (χ2v) is 2.94. The van der Waals surface area contributed by atoms with Gasteiger partial charge in [-0.25, -0.2) is 9.18 Å². The maximum absolute atomic E-state index is 12.7. The average molecular weight is 198 g/mol. The van der Waals surface area contributed by atoms with E-state index in [0.717, 1.165) is 6.07 Å². The van der Waals surface area contributed by atoms with Crippen LogP contribution in [0.5, 0.6) is 0 Å². The van der Waals surface area contributed by atoms with Crippen LogP contribution in [-0.4, -0.2) is 0 Å². The van der Waals surface area contributed by atoms with Crippen LogP contribution in [-0.2, 0) is 0 Å². The topological polar surface area (TPSA) is 34.1 Å². The SMILES string of the molecule is O=c1c[n+](S)c2ccc(F)cc2o1. The maximum Gasteiger partial charge on any atom is 0.402 e. The van der Waals surface area contributed by atoms with E-state index in [9.17, 15) is 9.18 Å². The summed E-state index contributed by atoms with van der Waals surface area (Å²) >= 11 is 3.99. The van der Waals surface area contributed by atoms with Crippen LogP contribution >= 0.6 is 12.8 Å². The van der Waals surface area contributed by atoms with Gasteiger partial charge in [-0.3, -0.25) is 0 Å². The zero-order valence-electron chi connectivity index (χ0n) is 6.40. The Morgan fingerprint density at radius 2 is 2.23 bits per heavy atom. The fourth-order valence-electron chi connectivity index (χ4n) is 1.06. The van der Waals surface area contributed by atoms with Crippen molar-refractivity contribution in [3.8, 4) is 0 Å². The van der Waals surface area contributed by atoms with Crippen molar-refractivity contribution in [2.75, 3.05) is 0 Å². The van der Waals surface area contributed by atoms with Crippen LogP contribution in [0.2, 0.25) is 0 Å². The number of aromatic nitrogens is 1. The molecule has 0 saturated carbocycles. The van der Waals surface area contributed by atoms with Gasteiger partial charge < -0.3 is 4.42 Å². The first kappa shape index (κ1) is 8.25. The van der Waals surface area contributed by atoms with E-state index >= 15 is 0 Å². The predicted molar refractivity (Wildman–Crippen MR) is 47.0 cm³/mol. The number of fused-ring (bicyclic) bond motifs is 1. The average Bonchev–Trinajstić information content (AvgIpc) is 2.02. The molecule has 0 N–H and O–H groups in total. The molecule has 2 aromatic rings. The van der Waals surface area contributed by atoms with Crippen molar-refractivity contribution >= 4 is 23.9 Å². The smallest absolute Gasteiger partial charge is 0.402 e. The minimum Gasteiger partial charge on any atom is -0.412 e. The lowest BCUT2D eigenvalue weighted by Crippen LogP contribution is -2.26. The molecule has 1 aromatic carbocycles. The molecule has 1 aromatic heterocycles. The predicted octanol–water partition coefficient (Wildman–Crippen LogP) is 0.913. The van der Waals surface area contributed by atoms with Gasteiger partial charge in [0.25, 0.3) is 11.7 Å². The minimum absolute atomic E-state index is 0.183. The van der Waals surface area contributed by atoms with E-state index in [0.29, 0.717) is 5.52 Å². The van der Waals surface area contributed by atoms with Gasteiger partial charge in [-0.1, -0.05) is 0 Å². The largest absolute Gasteiger partial charge is 0.412 e. The van der Waals surface area contributed by atoms with Gasteiger partial charge in [-0.05, 0) is 6.07 Å². The number of halogens is 1. The zero-order valence-corrected chi connectivity index (χ0v) is 7.29.